The van der Waals surface area contributed by atoms with Crippen LogP contribution < -0.4 is 10.6 Å². The van der Waals surface area contributed by atoms with E-state index in [1.165, 1.54) is 12.1 Å². The number of nitriles is 3. The fourth-order valence-corrected chi connectivity index (χ4v) is 2.51. The maximum atomic E-state index is 11.6. The van der Waals surface area contributed by atoms with Crippen molar-refractivity contribution < 1.29 is 13.0 Å². The number of anilines is 1. The van der Waals surface area contributed by atoms with Crippen molar-refractivity contribution in [1.29, 1.82) is 15.8 Å². The van der Waals surface area contributed by atoms with Gasteiger partial charge in [-0.1, -0.05) is 19.9 Å². The molecule has 0 unspecified atom stereocenters. The molecule has 0 radical (unpaired) electrons. The van der Waals surface area contributed by atoms with Crippen LogP contribution in [0.5, 0.6) is 0 Å². The summed E-state index contributed by atoms with van der Waals surface area (Å²) in [6.07, 6.45) is 0. The lowest BCUT2D eigenvalue weighted by Gasteiger charge is -2.13. The van der Waals surface area contributed by atoms with E-state index in [0.29, 0.717) is 5.56 Å². The summed E-state index contributed by atoms with van der Waals surface area (Å²) in [4.78, 5) is -0.326. The van der Waals surface area contributed by atoms with E-state index in [2.05, 4.69) is 10.6 Å². The van der Waals surface area contributed by atoms with Gasteiger partial charge in [0.2, 0.25) is 0 Å². The first kappa shape index (κ1) is 19.1. The number of nitrogens with zero attached hydrogens (tertiary/aromatic N) is 3. The van der Waals surface area contributed by atoms with Crippen LogP contribution in [0.1, 0.15) is 19.4 Å². The molecule has 0 aliphatic carbocycles. The molecular weight excluding hydrogens is 330 g/mol. The van der Waals surface area contributed by atoms with E-state index in [0.717, 1.165) is 6.07 Å². The van der Waals surface area contributed by atoms with E-state index in [9.17, 15) is 13.0 Å². The molecule has 0 heterocycles. The fourth-order valence-electron chi connectivity index (χ4n) is 1.76. The van der Waals surface area contributed by atoms with Crippen LogP contribution in [-0.2, 0) is 16.7 Å². The molecule has 0 aromatic heterocycles. The van der Waals surface area contributed by atoms with Gasteiger partial charge in [0.25, 0.3) is 10.1 Å². The van der Waals surface area contributed by atoms with Gasteiger partial charge in [-0.05, 0) is 17.7 Å². The zero-order valence-corrected chi connectivity index (χ0v) is 13.8. The van der Waals surface area contributed by atoms with Crippen molar-refractivity contribution in [1.82, 2.24) is 5.32 Å². The van der Waals surface area contributed by atoms with Crippen molar-refractivity contribution >= 4 is 15.8 Å². The van der Waals surface area contributed by atoms with Gasteiger partial charge in [-0.15, -0.1) is 0 Å². The summed E-state index contributed by atoms with van der Waals surface area (Å²) in [5.41, 5.74) is -0.249. The average Bonchev–Trinajstić information content (AvgIpc) is 2.52. The third-order valence-electron chi connectivity index (χ3n) is 2.90. The number of benzene rings is 1. The highest BCUT2D eigenvalue weighted by Crippen LogP contribution is 2.22. The molecule has 0 spiro atoms. The van der Waals surface area contributed by atoms with E-state index >= 15 is 0 Å². The van der Waals surface area contributed by atoms with Crippen molar-refractivity contribution in [2.75, 3.05) is 5.32 Å². The predicted octanol–water partition coefficient (Wildman–Crippen LogP) is 1.67. The molecule has 0 atom stereocenters. The highest BCUT2D eigenvalue weighted by molar-refractivity contribution is 7.85. The third kappa shape index (κ3) is 5.08. The SMILES string of the molecule is CC(C)NCc1ccc(NC(C#N)=C(C#N)C#N)cc1S(=O)(=O)O. The number of hydrogen-bond acceptors (Lipinski definition) is 7. The lowest BCUT2D eigenvalue weighted by molar-refractivity contribution is 0.480. The van der Waals surface area contributed by atoms with Crippen molar-refractivity contribution in [3.05, 3.63) is 35.0 Å². The summed E-state index contributed by atoms with van der Waals surface area (Å²) < 4.78 is 32.5. The molecule has 3 N–H and O–H groups in total. The van der Waals surface area contributed by atoms with E-state index in [4.69, 9.17) is 15.8 Å². The molecule has 1 aromatic carbocycles. The molecule has 8 nitrogen and oxygen atoms in total. The molecular formula is C15H15N5O3S. The fraction of sp³-hybridized carbons (Fsp3) is 0.267. The Labute approximate surface area is 140 Å². The van der Waals surface area contributed by atoms with Crippen LogP contribution in [0.15, 0.2) is 34.4 Å². The zero-order chi connectivity index (χ0) is 18.3. The lowest BCUT2D eigenvalue weighted by atomic mass is 10.1. The molecule has 9 heteroatoms. The normalized spacial score (nSPS) is 10.4. The minimum absolute atomic E-state index is 0.110. The zero-order valence-electron chi connectivity index (χ0n) is 13.0. The molecule has 0 fully saturated rings. The van der Waals surface area contributed by atoms with Crippen LogP contribution in [0.4, 0.5) is 5.69 Å². The van der Waals surface area contributed by atoms with Crippen LogP contribution in [-0.4, -0.2) is 19.0 Å². The van der Waals surface area contributed by atoms with Crippen molar-refractivity contribution in [2.45, 2.75) is 31.3 Å². The first-order valence-electron chi connectivity index (χ1n) is 6.78. The van der Waals surface area contributed by atoms with Gasteiger partial charge in [-0.2, -0.15) is 24.2 Å². The Morgan fingerprint density at radius 1 is 1.21 bits per heavy atom. The minimum atomic E-state index is -4.49. The second kappa shape index (κ2) is 8.09. The molecule has 0 amide bonds. The number of allylic oxidation sites excluding steroid dienone is 2. The Kier molecular flexibility index (Phi) is 6.46. The first-order chi connectivity index (χ1) is 11.2. The second-order valence-corrected chi connectivity index (χ2v) is 6.43. The van der Waals surface area contributed by atoms with Crippen LogP contribution in [0.2, 0.25) is 0 Å². The van der Waals surface area contributed by atoms with Gasteiger partial charge >= 0.3 is 0 Å². The molecule has 124 valence electrons. The number of rotatable bonds is 6. The van der Waals surface area contributed by atoms with E-state index in [1.54, 1.807) is 18.2 Å². The minimum Gasteiger partial charge on any atom is -0.345 e. The van der Waals surface area contributed by atoms with Crippen molar-refractivity contribution in [3.8, 4) is 18.2 Å². The molecule has 0 aliphatic heterocycles. The predicted molar refractivity (Wildman–Crippen MR) is 85.7 cm³/mol. The summed E-state index contributed by atoms with van der Waals surface area (Å²) in [5.74, 6) is 0. The van der Waals surface area contributed by atoms with Gasteiger partial charge < -0.3 is 10.6 Å². The van der Waals surface area contributed by atoms with E-state index in [-0.39, 0.29) is 28.9 Å². The Morgan fingerprint density at radius 3 is 2.29 bits per heavy atom. The van der Waals surface area contributed by atoms with Crippen LogP contribution >= 0.6 is 0 Å². The topological polar surface area (TPSA) is 150 Å². The van der Waals surface area contributed by atoms with E-state index in [1.807, 2.05) is 13.8 Å². The van der Waals surface area contributed by atoms with Crippen molar-refractivity contribution in [3.63, 3.8) is 0 Å². The van der Waals surface area contributed by atoms with Gasteiger partial charge in [-0.3, -0.25) is 4.55 Å². The van der Waals surface area contributed by atoms with Gasteiger partial charge in [0.15, 0.2) is 5.57 Å². The maximum absolute atomic E-state index is 11.6. The van der Waals surface area contributed by atoms with Crippen LogP contribution in [0.3, 0.4) is 0 Å². The quantitative estimate of drug-likeness (QED) is 0.520. The van der Waals surface area contributed by atoms with Crippen LogP contribution in [0.25, 0.3) is 0 Å². The molecule has 1 aromatic rings. The molecule has 0 saturated carbocycles. The number of nitrogens with one attached hydrogen (secondary N) is 2. The Hall–Kier alpha value is -2.90. The average molecular weight is 345 g/mol. The monoisotopic (exact) mass is 345 g/mol. The summed E-state index contributed by atoms with van der Waals surface area (Å²) >= 11 is 0. The second-order valence-electron chi connectivity index (χ2n) is 5.04. The maximum Gasteiger partial charge on any atom is 0.294 e. The van der Waals surface area contributed by atoms with Gasteiger partial charge in [0.05, 0.1) is 0 Å². The molecule has 0 bridgehead atoms. The molecule has 0 saturated heterocycles. The van der Waals surface area contributed by atoms with Crippen molar-refractivity contribution in [2.24, 2.45) is 0 Å². The van der Waals surface area contributed by atoms with Gasteiger partial charge in [-0.25, -0.2) is 0 Å². The summed E-state index contributed by atoms with van der Waals surface area (Å²) in [5, 5.41) is 32.1. The van der Waals surface area contributed by atoms with Gasteiger partial charge in [0, 0.05) is 18.3 Å². The summed E-state index contributed by atoms with van der Waals surface area (Å²) in [7, 11) is -4.49. The van der Waals surface area contributed by atoms with Crippen LogP contribution in [0, 0.1) is 34.0 Å². The largest absolute Gasteiger partial charge is 0.345 e. The Bertz CT molecular complexity index is 867. The standard InChI is InChI=1S/C15H15N5O3S/c1-10(2)19-9-11-3-4-13(5-15(11)24(21,22)23)20-14(8-18)12(6-16)7-17/h3-5,10,19-20H,9H2,1-2H3,(H,21,22,23). The number of hydrogen-bond donors (Lipinski definition) is 3. The van der Waals surface area contributed by atoms with Gasteiger partial charge in [0.1, 0.15) is 28.8 Å². The third-order valence-corrected chi connectivity index (χ3v) is 3.84. The lowest BCUT2D eigenvalue weighted by Crippen LogP contribution is -2.23. The highest BCUT2D eigenvalue weighted by atomic mass is 32.2. The summed E-state index contributed by atoms with van der Waals surface area (Å²) in [6, 6.07) is 8.99. The Balaban J connectivity index is 3.31. The Morgan fingerprint density at radius 2 is 1.83 bits per heavy atom. The molecule has 1 rings (SSSR count). The molecule has 24 heavy (non-hydrogen) atoms. The van der Waals surface area contributed by atoms with E-state index < -0.39 is 15.7 Å². The smallest absolute Gasteiger partial charge is 0.294 e. The first-order valence-corrected chi connectivity index (χ1v) is 8.22. The highest BCUT2D eigenvalue weighted by Gasteiger charge is 2.17. The molecule has 0 aliphatic rings. The summed E-state index contributed by atoms with van der Waals surface area (Å²) in [6.45, 7) is 3.99.